The second-order valence-corrected chi connectivity index (χ2v) is 1.96. The minimum atomic E-state index is -1.50. The summed E-state index contributed by atoms with van der Waals surface area (Å²) in [4.78, 5) is 8.36. The molecule has 0 heterocycles. The Morgan fingerprint density at radius 2 is 2.23 bits per heavy atom. The Morgan fingerprint density at radius 1 is 1.85 bits per heavy atom. The van der Waals surface area contributed by atoms with Crippen molar-refractivity contribution in [1.82, 2.24) is 5.43 Å². The van der Waals surface area contributed by atoms with Gasteiger partial charge in [0.25, 0.3) is 5.09 Å². The van der Waals surface area contributed by atoms with Gasteiger partial charge in [0.15, 0.2) is 0 Å². The maximum atomic E-state index is 8.36. The highest BCUT2D eigenvalue weighted by Crippen LogP contribution is 1.79. The molecule has 0 spiro atoms. The molecular formula is C5H13N5O3. The molecule has 8 nitrogen and oxygen atoms in total. The van der Waals surface area contributed by atoms with Crippen LogP contribution in [0.5, 0.6) is 0 Å². The van der Waals surface area contributed by atoms with E-state index in [2.05, 4.69) is 10.5 Å². The summed E-state index contributed by atoms with van der Waals surface area (Å²) in [6.45, 7) is 3.86. The van der Waals surface area contributed by atoms with Gasteiger partial charge in [-0.1, -0.05) is 6.92 Å². The first-order chi connectivity index (χ1) is 5.90. The molecule has 0 atom stereocenters. The smallest absolute Gasteiger partial charge is 0.291 e. The molecule has 8 heteroatoms. The van der Waals surface area contributed by atoms with Crippen LogP contribution in [0.1, 0.15) is 20.3 Å². The first kappa shape index (κ1) is 13.7. The first-order valence-electron chi connectivity index (χ1n) is 3.36. The normalized spacial score (nSPS) is 9.54. The fraction of sp³-hybridized carbons (Fsp3) is 0.600. The van der Waals surface area contributed by atoms with Crippen molar-refractivity contribution in [2.24, 2.45) is 10.8 Å². The Hall–Kier alpha value is -1.86. The van der Waals surface area contributed by atoms with Crippen LogP contribution in [-0.2, 0) is 0 Å². The van der Waals surface area contributed by atoms with Gasteiger partial charge in [-0.15, -0.1) is 10.1 Å². The van der Waals surface area contributed by atoms with E-state index in [1.165, 1.54) is 0 Å². The van der Waals surface area contributed by atoms with Gasteiger partial charge in [-0.05, 0) is 13.3 Å². The van der Waals surface area contributed by atoms with Crippen LogP contribution in [0.4, 0.5) is 0 Å². The molecule has 0 rings (SSSR count). The minimum absolute atomic E-state index is 0.122. The second-order valence-electron chi connectivity index (χ2n) is 1.96. The van der Waals surface area contributed by atoms with Crippen LogP contribution in [0.25, 0.3) is 0 Å². The average Bonchev–Trinajstić information content (AvgIpc) is 1.99. The van der Waals surface area contributed by atoms with Crippen molar-refractivity contribution in [2.45, 2.75) is 20.3 Å². The largest absolute Gasteiger partial charge is 0.369 e. The Morgan fingerprint density at radius 3 is 2.46 bits per heavy atom. The van der Waals surface area contributed by atoms with Crippen LogP contribution in [0.3, 0.4) is 0 Å². The molecule has 0 fully saturated rings. The number of guanidine groups is 1. The van der Waals surface area contributed by atoms with Crippen LogP contribution >= 0.6 is 0 Å². The van der Waals surface area contributed by atoms with E-state index < -0.39 is 5.09 Å². The predicted octanol–water partition coefficient (Wildman–Crippen LogP) is -0.0923. The van der Waals surface area contributed by atoms with Crippen molar-refractivity contribution in [2.75, 3.05) is 0 Å². The van der Waals surface area contributed by atoms with E-state index in [1.54, 1.807) is 0 Å². The Bertz CT molecular complexity index is 198. The number of hydrogen-bond acceptors (Lipinski definition) is 4. The molecule has 0 aromatic carbocycles. The van der Waals surface area contributed by atoms with Gasteiger partial charge < -0.3 is 10.9 Å². The van der Waals surface area contributed by atoms with Crippen molar-refractivity contribution in [3.05, 3.63) is 10.1 Å². The van der Waals surface area contributed by atoms with Crippen LogP contribution < -0.4 is 11.2 Å². The van der Waals surface area contributed by atoms with Gasteiger partial charge in [0.2, 0.25) is 5.96 Å². The molecule has 0 aromatic rings. The zero-order chi connectivity index (χ0) is 10.9. The van der Waals surface area contributed by atoms with Crippen molar-refractivity contribution in [3.8, 4) is 0 Å². The van der Waals surface area contributed by atoms with Crippen molar-refractivity contribution in [3.63, 3.8) is 0 Å². The SMILES string of the molecule is CCC(C)=NNC(=N)N.O=[N+]([O-])O. The van der Waals surface area contributed by atoms with Gasteiger partial charge in [0.1, 0.15) is 0 Å². The topological polar surface area (TPSA) is 138 Å². The highest BCUT2D eigenvalue weighted by Gasteiger charge is 1.83. The lowest BCUT2D eigenvalue weighted by atomic mass is 10.3. The van der Waals surface area contributed by atoms with E-state index in [4.69, 9.17) is 26.5 Å². The van der Waals surface area contributed by atoms with E-state index in [0.717, 1.165) is 12.1 Å². The lowest BCUT2D eigenvalue weighted by Crippen LogP contribution is -2.26. The van der Waals surface area contributed by atoms with Crippen molar-refractivity contribution in [1.29, 1.82) is 5.41 Å². The summed E-state index contributed by atoms with van der Waals surface area (Å²) in [6, 6.07) is 0. The summed E-state index contributed by atoms with van der Waals surface area (Å²) in [5.74, 6) is -0.122. The van der Waals surface area contributed by atoms with E-state index in [9.17, 15) is 0 Å². The number of nitrogens with one attached hydrogen (secondary N) is 2. The van der Waals surface area contributed by atoms with E-state index >= 15 is 0 Å². The molecular weight excluding hydrogens is 178 g/mol. The molecule has 0 saturated carbocycles. The van der Waals surface area contributed by atoms with Crippen LogP contribution in [-0.4, -0.2) is 22.0 Å². The Balaban J connectivity index is 0. The average molecular weight is 191 g/mol. The third-order valence-electron chi connectivity index (χ3n) is 0.879. The van der Waals surface area contributed by atoms with Gasteiger partial charge >= 0.3 is 0 Å². The molecule has 0 aliphatic rings. The molecule has 76 valence electrons. The maximum absolute atomic E-state index is 8.36. The maximum Gasteiger partial charge on any atom is 0.291 e. The number of hydrogen-bond donors (Lipinski definition) is 4. The van der Waals surface area contributed by atoms with Crippen LogP contribution in [0.15, 0.2) is 5.10 Å². The zero-order valence-electron chi connectivity index (χ0n) is 7.44. The molecule has 0 radical (unpaired) electrons. The van der Waals surface area contributed by atoms with Gasteiger partial charge in [-0.25, -0.2) is 5.43 Å². The van der Waals surface area contributed by atoms with Gasteiger partial charge in [0, 0.05) is 5.71 Å². The van der Waals surface area contributed by atoms with Gasteiger partial charge in [-0.3, -0.25) is 5.41 Å². The monoisotopic (exact) mass is 191 g/mol. The van der Waals surface area contributed by atoms with Gasteiger partial charge in [0.05, 0.1) is 0 Å². The van der Waals surface area contributed by atoms with Crippen molar-refractivity contribution < 1.29 is 10.3 Å². The molecule has 0 amide bonds. The predicted molar refractivity (Wildman–Crippen MR) is 47.2 cm³/mol. The van der Waals surface area contributed by atoms with E-state index in [0.29, 0.717) is 0 Å². The summed E-state index contributed by atoms with van der Waals surface area (Å²) in [6.07, 6.45) is 0.875. The molecule has 5 N–H and O–H groups in total. The summed E-state index contributed by atoms with van der Waals surface area (Å²) >= 11 is 0. The summed E-state index contributed by atoms with van der Waals surface area (Å²) in [5, 5.41) is 24.1. The third-order valence-corrected chi connectivity index (χ3v) is 0.879. The quantitative estimate of drug-likeness (QED) is 0.209. The molecule has 0 aliphatic carbocycles. The number of nitrogens with zero attached hydrogens (tertiary/aromatic N) is 2. The summed E-state index contributed by atoms with van der Waals surface area (Å²) < 4.78 is 0. The zero-order valence-corrected chi connectivity index (χ0v) is 7.44. The molecule has 0 aromatic heterocycles. The fourth-order valence-corrected chi connectivity index (χ4v) is 0.235. The lowest BCUT2D eigenvalue weighted by molar-refractivity contribution is -0.742. The Labute approximate surface area is 75.0 Å². The standard InChI is InChI=1S/C5H12N4.HNO3/c1-3-4(2)8-9-5(6)7;2-1(3)4/h3H2,1-2H3,(H4,6,7,9);(H,2,3,4). The highest BCUT2D eigenvalue weighted by atomic mass is 16.9. The number of hydrazone groups is 1. The Kier molecular flexibility index (Phi) is 8.69. The van der Waals surface area contributed by atoms with Crippen molar-refractivity contribution >= 4 is 11.7 Å². The van der Waals surface area contributed by atoms with Crippen LogP contribution in [0.2, 0.25) is 0 Å². The van der Waals surface area contributed by atoms with E-state index in [1.807, 2.05) is 13.8 Å². The highest BCUT2D eigenvalue weighted by molar-refractivity contribution is 5.83. The van der Waals surface area contributed by atoms with E-state index in [-0.39, 0.29) is 5.96 Å². The molecule has 13 heavy (non-hydrogen) atoms. The molecule has 0 unspecified atom stereocenters. The number of nitrogens with two attached hydrogens (primary N) is 1. The summed E-state index contributed by atoms with van der Waals surface area (Å²) in [7, 11) is 0. The van der Waals surface area contributed by atoms with Crippen LogP contribution in [0, 0.1) is 15.5 Å². The van der Waals surface area contributed by atoms with Gasteiger partial charge in [-0.2, -0.15) is 5.10 Å². The number of rotatable bonds is 2. The molecule has 0 saturated heterocycles. The molecule has 0 bridgehead atoms. The molecule has 0 aliphatic heterocycles. The lowest BCUT2D eigenvalue weighted by Gasteiger charge is -1.95. The third kappa shape index (κ3) is 25.4. The minimum Gasteiger partial charge on any atom is -0.369 e. The first-order valence-corrected chi connectivity index (χ1v) is 3.36. The fourth-order valence-electron chi connectivity index (χ4n) is 0.235. The summed E-state index contributed by atoms with van der Waals surface area (Å²) in [5.41, 5.74) is 8.24. The second kappa shape index (κ2) is 8.24.